The van der Waals surface area contributed by atoms with E-state index in [1.54, 1.807) is 68.1 Å². The van der Waals surface area contributed by atoms with Gasteiger partial charge in [-0.1, -0.05) is 30.3 Å². The van der Waals surface area contributed by atoms with Gasteiger partial charge in [-0.15, -0.1) is 0 Å². The highest BCUT2D eigenvalue weighted by Crippen LogP contribution is 2.27. The van der Waals surface area contributed by atoms with Crippen molar-refractivity contribution in [1.82, 2.24) is 15.0 Å². The smallest absolute Gasteiger partial charge is 0.323 e. The van der Waals surface area contributed by atoms with E-state index >= 15 is 0 Å². The second-order valence-electron chi connectivity index (χ2n) is 10.5. The van der Waals surface area contributed by atoms with Gasteiger partial charge in [-0.05, 0) is 51.1 Å². The number of carbonyl (C=O) groups is 3. The lowest BCUT2D eigenvalue weighted by molar-refractivity contribution is 0.0174. The molecule has 12 heteroatoms. The van der Waals surface area contributed by atoms with Crippen molar-refractivity contribution >= 4 is 35.0 Å². The number of aromatic nitrogens is 1. The first-order valence-electron chi connectivity index (χ1n) is 13.8. The van der Waals surface area contributed by atoms with Crippen molar-refractivity contribution < 1.29 is 28.4 Å². The number of nitrogens with one attached hydrogen (secondary N) is 3. The predicted octanol–water partition coefficient (Wildman–Crippen LogP) is 4.97. The van der Waals surface area contributed by atoms with E-state index in [9.17, 15) is 14.4 Å². The highest BCUT2D eigenvalue weighted by molar-refractivity contribution is 6.02. The third-order valence-corrected chi connectivity index (χ3v) is 7.26. The van der Waals surface area contributed by atoms with Crippen molar-refractivity contribution in [3.8, 4) is 5.75 Å². The third kappa shape index (κ3) is 7.19. The molecule has 5 amide bonds. The molecule has 3 atom stereocenters. The molecule has 0 radical (unpaired) electrons. The van der Waals surface area contributed by atoms with Crippen LogP contribution in [0.25, 0.3) is 0 Å². The highest BCUT2D eigenvalue weighted by atomic mass is 16.5. The maximum atomic E-state index is 13.6. The first-order chi connectivity index (χ1) is 20.1. The lowest BCUT2D eigenvalue weighted by Crippen LogP contribution is -2.50. The minimum atomic E-state index is -0.446. The molecule has 0 spiro atoms. The van der Waals surface area contributed by atoms with Crippen LogP contribution in [0.5, 0.6) is 5.75 Å². The fourth-order valence-corrected chi connectivity index (χ4v) is 4.79. The van der Waals surface area contributed by atoms with Gasteiger partial charge in [-0.3, -0.25) is 4.79 Å². The molecule has 0 unspecified atom stereocenters. The number of nitrogens with zero attached hydrogens (tertiary/aromatic N) is 3. The zero-order valence-corrected chi connectivity index (χ0v) is 24.8. The van der Waals surface area contributed by atoms with Gasteiger partial charge in [0.25, 0.3) is 5.91 Å². The van der Waals surface area contributed by atoms with Gasteiger partial charge >= 0.3 is 12.1 Å². The van der Waals surface area contributed by atoms with Gasteiger partial charge in [-0.25, -0.2) is 9.59 Å². The minimum Gasteiger partial charge on any atom is -0.491 e. The number of fused-ring (bicyclic) bond motifs is 1. The summed E-state index contributed by atoms with van der Waals surface area (Å²) in [5.41, 5.74) is 2.44. The average Bonchev–Trinajstić information content (AvgIpc) is 3.29. The zero-order valence-electron chi connectivity index (χ0n) is 24.8. The zero-order chi connectivity index (χ0) is 30.4. The molecule has 0 fully saturated rings. The summed E-state index contributed by atoms with van der Waals surface area (Å²) in [5.74, 6) is 0.434. The van der Waals surface area contributed by atoms with Crippen LogP contribution in [0, 0.1) is 19.8 Å². The first-order valence-corrected chi connectivity index (χ1v) is 13.8. The summed E-state index contributed by atoms with van der Waals surface area (Å²) in [4.78, 5) is 43.0. The molecule has 1 aliphatic rings. The normalized spacial score (nSPS) is 19.6. The van der Waals surface area contributed by atoms with Crippen LogP contribution in [-0.2, 0) is 4.74 Å². The Labute approximate surface area is 245 Å². The molecule has 1 aromatic heterocycles. The van der Waals surface area contributed by atoms with Crippen molar-refractivity contribution in [3.05, 3.63) is 65.5 Å². The Morgan fingerprint density at radius 3 is 2.38 bits per heavy atom. The maximum Gasteiger partial charge on any atom is 0.323 e. The number of urea groups is 2. The topological polar surface area (TPSA) is 138 Å². The van der Waals surface area contributed by atoms with E-state index in [1.807, 2.05) is 32.0 Å². The molecule has 224 valence electrons. The number of aryl methyl sites for hydroxylation is 2. The van der Waals surface area contributed by atoms with Gasteiger partial charge in [-0.2, -0.15) is 0 Å². The van der Waals surface area contributed by atoms with Crippen LogP contribution in [0.2, 0.25) is 0 Å². The van der Waals surface area contributed by atoms with Crippen LogP contribution in [0.4, 0.5) is 26.7 Å². The maximum absolute atomic E-state index is 13.6. The molecule has 4 rings (SSSR count). The van der Waals surface area contributed by atoms with Gasteiger partial charge in [0.1, 0.15) is 23.7 Å². The number of benzene rings is 2. The van der Waals surface area contributed by atoms with Gasteiger partial charge in [0.15, 0.2) is 5.76 Å². The number of anilines is 3. The van der Waals surface area contributed by atoms with Crippen molar-refractivity contribution in [2.24, 2.45) is 5.92 Å². The van der Waals surface area contributed by atoms with E-state index in [2.05, 4.69) is 21.1 Å². The number of amides is 5. The molecule has 0 bridgehead atoms. The standard InChI is InChI=1S/C30H38N6O6/c1-18-15-36(30(39)33-27-20(3)34-42-21(27)4)19(2)17-41-25-13-12-23(32-29(38)31-22-10-8-7-9-11-22)14-24(25)28(37)35(5)16-26(18)40-6/h7-14,18-19,26H,15-17H2,1-6H3,(H,33,39)(H2,31,32,38)/t18-,19+,26-/m0/s1. The van der Waals surface area contributed by atoms with E-state index in [-0.39, 0.29) is 48.7 Å². The van der Waals surface area contributed by atoms with Crippen LogP contribution >= 0.6 is 0 Å². The second kappa shape index (κ2) is 13.4. The Balaban J connectivity index is 1.60. The lowest BCUT2D eigenvalue weighted by atomic mass is 10.0. The number of ether oxygens (including phenoxy) is 2. The third-order valence-electron chi connectivity index (χ3n) is 7.26. The van der Waals surface area contributed by atoms with Crippen molar-refractivity contribution in [2.75, 3.05) is 49.8 Å². The average molecular weight is 579 g/mol. The number of hydrogen-bond acceptors (Lipinski definition) is 7. The number of hydrogen-bond donors (Lipinski definition) is 3. The predicted molar refractivity (Wildman–Crippen MR) is 159 cm³/mol. The largest absolute Gasteiger partial charge is 0.491 e. The molecule has 3 N–H and O–H groups in total. The van der Waals surface area contributed by atoms with Gasteiger partial charge in [0.05, 0.1) is 17.7 Å². The van der Waals surface area contributed by atoms with Crippen LogP contribution in [0.15, 0.2) is 53.1 Å². The molecule has 0 saturated carbocycles. The van der Waals surface area contributed by atoms with E-state index in [4.69, 9.17) is 14.0 Å². The fourth-order valence-electron chi connectivity index (χ4n) is 4.79. The molecule has 1 aliphatic heterocycles. The number of methoxy groups -OCH3 is 1. The lowest BCUT2D eigenvalue weighted by Gasteiger charge is -2.36. The van der Waals surface area contributed by atoms with Crippen LogP contribution in [0.3, 0.4) is 0 Å². The summed E-state index contributed by atoms with van der Waals surface area (Å²) in [5, 5.41) is 12.4. The summed E-state index contributed by atoms with van der Waals surface area (Å²) < 4.78 is 17.1. The van der Waals surface area contributed by atoms with Gasteiger partial charge in [0, 0.05) is 44.5 Å². The molecule has 0 aliphatic carbocycles. The number of likely N-dealkylation sites (N-methyl/N-ethyl adjacent to an activating group) is 1. The van der Waals surface area contributed by atoms with E-state index in [0.717, 1.165) is 0 Å². The summed E-state index contributed by atoms with van der Waals surface area (Å²) in [7, 11) is 3.27. The number of rotatable bonds is 4. The number of carbonyl (C=O) groups excluding carboxylic acids is 3. The molecule has 3 aromatic rings. The van der Waals surface area contributed by atoms with Crippen LogP contribution in [0.1, 0.15) is 35.7 Å². The Morgan fingerprint density at radius 2 is 1.71 bits per heavy atom. The fraction of sp³-hybridized carbons (Fsp3) is 0.400. The first kappa shape index (κ1) is 30.4. The monoisotopic (exact) mass is 578 g/mol. The molecule has 0 saturated heterocycles. The summed E-state index contributed by atoms with van der Waals surface area (Å²) in [6.45, 7) is 8.10. The second-order valence-corrected chi connectivity index (χ2v) is 10.5. The highest BCUT2D eigenvalue weighted by Gasteiger charge is 2.31. The molecule has 2 aromatic carbocycles. The van der Waals surface area contributed by atoms with Crippen molar-refractivity contribution in [3.63, 3.8) is 0 Å². The molecule has 42 heavy (non-hydrogen) atoms. The van der Waals surface area contributed by atoms with E-state index in [0.29, 0.717) is 40.8 Å². The van der Waals surface area contributed by atoms with Crippen LogP contribution < -0.4 is 20.7 Å². The molecule has 12 nitrogen and oxygen atoms in total. The van der Waals surface area contributed by atoms with Crippen LogP contribution in [-0.4, -0.2) is 78.9 Å². The minimum absolute atomic E-state index is 0.116. The Bertz CT molecular complexity index is 1390. The van der Waals surface area contributed by atoms with Crippen molar-refractivity contribution in [1.29, 1.82) is 0 Å². The molecular formula is C30H38N6O6. The van der Waals surface area contributed by atoms with Gasteiger partial charge in [0.2, 0.25) is 0 Å². The Morgan fingerprint density at radius 1 is 1.00 bits per heavy atom. The Hall–Kier alpha value is -4.58. The quantitative estimate of drug-likeness (QED) is 0.397. The summed E-state index contributed by atoms with van der Waals surface area (Å²) in [6.07, 6.45) is -0.359. The molecule has 2 heterocycles. The van der Waals surface area contributed by atoms with Crippen molar-refractivity contribution in [2.45, 2.75) is 39.8 Å². The van der Waals surface area contributed by atoms with E-state index in [1.165, 1.54) is 0 Å². The van der Waals surface area contributed by atoms with E-state index < -0.39 is 6.03 Å². The SMILES string of the molecule is CO[C@H]1CN(C)C(=O)c2cc(NC(=O)Nc3ccccc3)ccc2OC[C@@H](C)N(C(=O)Nc2c(C)noc2C)C[C@@H]1C. The summed E-state index contributed by atoms with van der Waals surface area (Å²) in [6, 6.07) is 12.8. The molecular weight excluding hydrogens is 540 g/mol. The van der Waals surface area contributed by atoms with Gasteiger partial charge < -0.3 is 39.7 Å². The number of para-hydroxylation sites is 1. The summed E-state index contributed by atoms with van der Waals surface area (Å²) >= 11 is 0. The Kier molecular flexibility index (Phi) is 9.68.